The van der Waals surface area contributed by atoms with Gasteiger partial charge in [-0.25, -0.2) is 4.57 Å². The summed E-state index contributed by atoms with van der Waals surface area (Å²) in [7, 11) is -3.48. The lowest BCUT2D eigenvalue weighted by Gasteiger charge is -2.16. The molecule has 0 spiro atoms. The lowest BCUT2D eigenvalue weighted by molar-refractivity contribution is 0.167. The van der Waals surface area contributed by atoms with Crippen molar-refractivity contribution in [2.45, 2.75) is 13.8 Å². The predicted octanol–water partition coefficient (Wildman–Crippen LogP) is 3.43. The van der Waals surface area contributed by atoms with Gasteiger partial charge < -0.3 is 4.52 Å². The van der Waals surface area contributed by atoms with E-state index in [1.54, 1.807) is 38.1 Å². The van der Waals surface area contributed by atoms with Gasteiger partial charge in [0, 0.05) is 0 Å². The van der Waals surface area contributed by atoms with Crippen LogP contribution in [-0.4, -0.2) is 13.2 Å². The van der Waals surface area contributed by atoms with Gasteiger partial charge in [-0.3, -0.25) is 9.05 Å². The molecule has 4 nitrogen and oxygen atoms in total. The third-order valence-corrected chi connectivity index (χ3v) is 3.30. The summed E-state index contributed by atoms with van der Waals surface area (Å²) in [4.78, 5) is 0. The van der Waals surface area contributed by atoms with E-state index < -0.39 is 7.82 Å². The second-order valence-electron chi connectivity index (χ2n) is 3.02. The maximum absolute atomic E-state index is 12.0. The molecule has 0 aliphatic rings. The van der Waals surface area contributed by atoms with E-state index in [-0.39, 0.29) is 13.2 Å². The second-order valence-corrected chi connectivity index (χ2v) is 4.61. The lowest BCUT2D eigenvalue weighted by atomic mass is 10.2. The summed E-state index contributed by atoms with van der Waals surface area (Å²) in [6, 6.07) is 6.87. The predicted molar refractivity (Wildman–Crippen MR) is 62.4 cm³/mol. The highest BCUT2D eigenvalue weighted by molar-refractivity contribution is 7.48. The Hall–Kier alpha value is -0.830. The summed E-state index contributed by atoms with van der Waals surface area (Å²) in [6.07, 6.45) is 0. The monoisotopic (exact) mass is 243 g/mol. The van der Waals surface area contributed by atoms with Crippen molar-refractivity contribution >= 4 is 7.82 Å². The van der Waals surface area contributed by atoms with Crippen molar-refractivity contribution < 1.29 is 18.1 Å². The molecule has 0 aliphatic carbocycles. The van der Waals surface area contributed by atoms with Crippen molar-refractivity contribution in [3.63, 3.8) is 0 Å². The molecule has 0 aromatic heterocycles. The normalized spacial score (nSPS) is 11.4. The molecule has 0 N–H and O–H groups in total. The van der Waals surface area contributed by atoms with Crippen molar-refractivity contribution in [3.05, 3.63) is 36.8 Å². The minimum atomic E-state index is -3.48. The molecule has 0 aliphatic heterocycles. The molecular weight excluding hydrogens is 227 g/mol. The zero-order valence-electron chi connectivity index (χ0n) is 9.51. The number of hydrogen-bond acceptors (Lipinski definition) is 4. The first kappa shape index (κ1) is 13.2. The average Bonchev–Trinajstić information content (AvgIpc) is 2.22. The van der Waals surface area contributed by atoms with Gasteiger partial charge in [-0.05, 0) is 38.5 Å². The maximum Gasteiger partial charge on any atom is 0.530 e. The summed E-state index contributed by atoms with van der Waals surface area (Å²) < 4.78 is 27.2. The standard InChI is InChI=1S/C11H16O4P/c1-4-13-16(12,14-5-2)15-11-8-6-10(3)7-9-11/h6-9H,3-5H2,1-2H3. The first-order valence-electron chi connectivity index (χ1n) is 5.10. The van der Waals surface area contributed by atoms with Crippen LogP contribution in [0.25, 0.3) is 0 Å². The fourth-order valence-electron chi connectivity index (χ4n) is 1.09. The third kappa shape index (κ3) is 3.97. The Bertz CT molecular complexity index is 351. The van der Waals surface area contributed by atoms with Crippen molar-refractivity contribution in [2.75, 3.05) is 13.2 Å². The topological polar surface area (TPSA) is 44.8 Å². The highest BCUT2D eigenvalue weighted by atomic mass is 31.2. The Balaban J connectivity index is 2.75. The Kier molecular flexibility index (Phi) is 5.00. The summed E-state index contributed by atoms with van der Waals surface area (Å²) in [5.74, 6) is 0.442. The molecule has 5 heteroatoms. The van der Waals surface area contributed by atoms with Gasteiger partial charge in [0.25, 0.3) is 0 Å². The summed E-state index contributed by atoms with van der Waals surface area (Å²) >= 11 is 0. The van der Waals surface area contributed by atoms with Crippen LogP contribution in [0.3, 0.4) is 0 Å². The van der Waals surface area contributed by atoms with E-state index in [4.69, 9.17) is 13.6 Å². The van der Waals surface area contributed by atoms with Crippen LogP contribution in [-0.2, 0) is 13.6 Å². The average molecular weight is 243 g/mol. The number of hydrogen-bond donors (Lipinski definition) is 0. The fourth-order valence-corrected chi connectivity index (χ4v) is 2.28. The highest BCUT2D eigenvalue weighted by Gasteiger charge is 2.26. The van der Waals surface area contributed by atoms with Crippen molar-refractivity contribution in [1.82, 2.24) is 0 Å². The molecule has 0 fully saturated rings. The van der Waals surface area contributed by atoms with Crippen molar-refractivity contribution in [3.8, 4) is 5.75 Å². The number of benzene rings is 1. The van der Waals surface area contributed by atoms with Gasteiger partial charge in [-0.15, -0.1) is 0 Å². The van der Waals surface area contributed by atoms with Crippen LogP contribution >= 0.6 is 7.82 Å². The van der Waals surface area contributed by atoms with Crippen LogP contribution in [0.15, 0.2) is 24.3 Å². The molecule has 1 aromatic rings. The molecule has 89 valence electrons. The van der Waals surface area contributed by atoms with Crippen molar-refractivity contribution in [2.24, 2.45) is 0 Å². The van der Waals surface area contributed by atoms with Gasteiger partial charge >= 0.3 is 7.82 Å². The van der Waals surface area contributed by atoms with E-state index in [0.717, 1.165) is 5.56 Å². The molecule has 0 saturated carbocycles. The van der Waals surface area contributed by atoms with Crippen LogP contribution in [0.1, 0.15) is 19.4 Å². The van der Waals surface area contributed by atoms with Gasteiger partial charge in [-0.1, -0.05) is 12.1 Å². The van der Waals surface area contributed by atoms with Gasteiger partial charge in [-0.2, -0.15) is 0 Å². The quantitative estimate of drug-likeness (QED) is 0.718. The Morgan fingerprint density at radius 1 is 1.12 bits per heavy atom. The molecule has 1 rings (SSSR count). The van der Waals surface area contributed by atoms with Crippen LogP contribution in [0, 0.1) is 6.92 Å². The lowest BCUT2D eigenvalue weighted by Crippen LogP contribution is -2.02. The first-order valence-corrected chi connectivity index (χ1v) is 6.56. The summed E-state index contributed by atoms with van der Waals surface area (Å²) in [6.45, 7) is 7.74. The fraction of sp³-hybridized carbons (Fsp3) is 0.364. The third-order valence-electron chi connectivity index (χ3n) is 1.71. The minimum Gasteiger partial charge on any atom is -0.404 e. The summed E-state index contributed by atoms with van der Waals surface area (Å²) in [5.41, 5.74) is 0.856. The molecule has 0 heterocycles. The molecule has 1 radical (unpaired) electrons. The zero-order valence-corrected chi connectivity index (χ0v) is 10.4. The van der Waals surface area contributed by atoms with Crippen molar-refractivity contribution in [1.29, 1.82) is 0 Å². The SMILES string of the molecule is [CH2]c1ccc(OP(=O)(OCC)OCC)cc1. The maximum atomic E-state index is 12.0. The Labute approximate surface area is 96.1 Å². The molecular formula is C11H16O4P. The summed E-state index contributed by atoms with van der Waals surface area (Å²) in [5, 5.41) is 0. The van der Waals surface area contributed by atoms with Gasteiger partial charge in [0.2, 0.25) is 0 Å². The molecule has 0 bridgehead atoms. The van der Waals surface area contributed by atoms with E-state index in [0.29, 0.717) is 5.75 Å². The van der Waals surface area contributed by atoms with E-state index >= 15 is 0 Å². The van der Waals surface area contributed by atoms with E-state index in [2.05, 4.69) is 6.92 Å². The Morgan fingerprint density at radius 2 is 1.62 bits per heavy atom. The first-order chi connectivity index (χ1) is 7.59. The van der Waals surface area contributed by atoms with Gasteiger partial charge in [0.15, 0.2) is 0 Å². The Morgan fingerprint density at radius 3 is 2.06 bits per heavy atom. The van der Waals surface area contributed by atoms with E-state index in [9.17, 15) is 4.57 Å². The zero-order chi connectivity index (χ0) is 12.0. The van der Waals surface area contributed by atoms with Crippen LogP contribution in [0.2, 0.25) is 0 Å². The minimum absolute atomic E-state index is 0.269. The van der Waals surface area contributed by atoms with Crippen LogP contribution in [0.4, 0.5) is 0 Å². The van der Waals surface area contributed by atoms with Gasteiger partial charge in [0.1, 0.15) is 5.75 Å². The molecule has 0 saturated heterocycles. The molecule has 0 amide bonds. The molecule has 1 aromatic carbocycles. The number of rotatable bonds is 6. The molecule has 0 unspecified atom stereocenters. The van der Waals surface area contributed by atoms with Gasteiger partial charge in [0.05, 0.1) is 13.2 Å². The number of phosphoric acid groups is 1. The van der Waals surface area contributed by atoms with E-state index in [1.165, 1.54) is 0 Å². The highest BCUT2D eigenvalue weighted by Crippen LogP contribution is 2.49. The second kappa shape index (κ2) is 6.04. The molecule has 0 atom stereocenters. The smallest absolute Gasteiger partial charge is 0.404 e. The van der Waals surface area contributed by atoms with E-state index in [1.807, 2.05) is 0 Å². The van der Waals surface area contributed by atoms with Crippen LogP contribution in [0.5, 0.6) is 5.75 Å². The molecule has 16 heavy (non-hydrogen) atoms. The largest absolute Gasteiger partial charge is 0.530 e. The number of phosphoric ester groups is 1. The van der Waals surface area contributed by atoms with Crippen LogP contribution < -0.4 is 4.52 Å².